The average Bonchev–Trinajstić information content (AvgIpc) is 2.62. The van der Waals surface area contributed by atoms with E-state index in [1.165, 1.54) is 9.13 Å². The van der Waals surface area contributed by atoms with Crippen LogP contribution in [0.4, 0.5) is 0 Å². The summed E-state index contributed by atoms with van der Waals surface area (Å²) in [4.78, 5) is 29.9. The maximum atomic E-state index is 12.9. The van der Waals surface area contributed by atoms with Gasteiger partial charge in [-0.05, 0) is 10.5 Å². The first-order valence-corrected chi connectivity index (χ1v) is 7.09. The van der Waals surface area contributed by atoms with Crippen molar-refractivity contribution in [2.24, 2.45) is 7.05 Å². The number of hydrogen-bond acceptors (Lipinski definition) is 3. The molecule has 0 radical (unpaired) electrons. The average molecular weight is 277 g/mol. The fourth-order valence-corrected chi connectivity index (χ4v) is 2.79. The monoisotopic (exact) mass is 278 g/mol. The third-order valence-corrected chi connectivity index (χ3v) is 3.57. The summed E-state index contributed by atoms with van der Waals surface area (Å²) in [6.07, 6.45) is 0. The molecule has 0 bridgehead atoms. The topological polar surface area (TPSA) is 61.8 Å². The number of fused-ring (bicyclic) bond motifs is 1. The highest BCUT2D eigenvalue weighted by Gasteiger charge is 2.27. The molecule has 21 heavy (non-hydrogen) atoms. The summed E-state index contributed by atoms with van der Waals surface area (Å²) in [7, 11) is 15.1. The number of aryl methyl sites for hydroxylation is 1. The lowest BCUT2D eigenvalue weighted by Crippen LogP contribution is -2.53. The molecule has 0 saturated carbocycles. The Balaban J connectivity index is 3.16. The van der Waals surface area contributed by atoms with E-state index in [4.69, 9.17) is 0 Å². The Morgan fingerprint density at radius 1 is 0.952 bits per heavy atom. The zero-order valence-electron chi connectivity index (χ0n) is 14.1. The first-order chi connectivity index (χ1) is 9.37. The molecular formula is C8H17B7N4O2. The molecule has 0 unspecified atom stereocenters. The number of hydrogen-bond donors (Lipinski definition) is 0. The van der Waals surface area contributed by atoms with Crippen LogP contribution in [-0.2, 0) is 17.5 Å². The van der Waals surface area contributed by atoms with Gasteiger partial charge in [-0.2, -0.15) is 0 Å². The summed E-state index contributed by atoms with van der Waals surface area (Å²) in [6, 6.07) is 0. The lowest BCUT2D eigenvalue weighted by Gasteiger charge is -2.26. The molecule has 0 amide bonds. The molecule has 2 heterocycles. The summed E-state index contributed by atoms with van der Waals surface area (Å²) in [5.41, 5.74) is 1.04. The van der Waals surface area contributed by atoms with Gasteiger partial charge in [-0.15, -0.1) is 0 Å². The smallest absolute Gasteiger partial charge is 0.330 e. The van der Waals surface area contributed by atoms with Crippen molar-refractivity contribution in [2.45, 2.75) is 10.5 Å². The Morgan fingerprint density at radius 2 is 1.43 bits per heavy atom. The van der Waals surface area contributed by atoms with E-state index in [1.54, 1.807) is 7.05 Å². The van der Waals surface area contributed by atoms with Gasteiger partial charge in [-0.3, -0.25) is 13.9 Å². The van der Waals surface area contributed by atoms with Crippen molar-refractivity contribution in [3.63, 3.8) is 0 Å². The van der Waals surface area contributed by atoms with Crippen molar-refractivity contribution in [3.05, 3.63) is 20.8 Å². The van der Waals surface area contributed by atoms with Gasteiger partial charge < -0.3 is 4.57 Å². The van der Waals surface area contributed by atoms with E-state index >= 15 is 0 Å². The van der Waals surface area contributed by atoms with Gasteiger partial charge in [0, 0.05) is 7.05 Å². The molecule has 6 nitrogen and oxygen atoms in total. The Bertz CT molecular complexity index is 838. The van der Waals surface area contributed by atoms with Crippen LogP contribution in [0.3, 0.4) is 0 Å². The van der Waals surface area contributed by atoms with Crippen LogP contribution in [0.25, 0.3) is 11.2 Å². The normalized spacial score (nSPS) is 12.8. The van der Waals surface area contributed by atoms with Crippen molar-refractivity contribution in [3.8, 4) is 0 Å². The van der Waals surface area contributed by atoms with Crippen molar-refractivity contribution in [1.82, 2.24) is 18.7 Å². The fourth-order valence-electron chi connectivity index (χ4n) is 2.79. The maximum absolute atomic E-state index is 12.9. The van der Waals surface area contributed by atoms with Crippen LogP contribution in [0.2, 0.25) is 0 Å². The molecule has 0 aliphatic heterocycles. The minimum absolute atomic E-state index is 0.281. The van der Waals surface area contributed by atoms with Crippen LogP contribution in [0.15, 0.2) is 9.59 Å². The molecule has 0 atom stereocenters. The highest BCUT2D eigenvalue weighted by Crippen LogP contribution is 2.10. The van der Waals surface area contributed by atoms with Gasteiger partial charge in [0.05, 0.1) is 5.72 Å². The highest BCUT2D eigenvalue weighted by atomic mass is 16.2. The Labute approximate surface area is 129 Å². The minimum Gasteiger partial charge on any atom is -0.349 e. The van der Waals surface area contributed by atoms with Crippen molar-refractivity contribution in [1.29, 1.82) is 0 Å². The molecule has 2 aromatic heterocycles. The zero-order valence-corrected chi connectivity index (χ0v) is 14.1. The highest BCUT2D eigenvalue weighted by molar-refractivity contribution is 6.57. The van der Waals surface area contributed by atoms with E-state index in [-0.39, 0.29) is 16.5 Å². The van der Waals surface area contributed by atoms with Gasteiger partial charge in [-0.25, -0.2) is 9.78 Å². The van der Waals surface area contributed by atoms with Crippen molar-refractivity contribution < 1.29 is 0 Å². The van der Waals surface area contributed by atoms with Crippen molar-refractivity contribution in [2.75, 3.05) is 0 Å². The number of nitrogens with zero attached hydrogens (tertiary/aromatic N) is 4. The lowest BCUT2D eigenvalue weighted by molar-refractivity contribution is 0.641. The second-order valence-electron chi connectivity index (χ2n) is 7.49. The molecule has 2 aromatic rings. The Morgan fingerprint density at radius 3 is 1.86 bits per heavy atom. The van der Waals surface area contributed by atoms with Gasteiger partial charge in [0.15, 0.2) is 13.5 Å². The largest absolute Gasteiger partial charge is 0.349 e. The van der Waals surface area contributed by atoms with Gasteiger partial charge in [0.25, 0.3) is 5.56 Å². The van der Waals surface area contributed by atoms with E-state index in [0.717, 1.165) is 5.72 Å². The van der Waals surface area contributed by atoms with E-state index in [1.807, 2.05) is 59.5 Å². The summed E-state index contributed by atoms with van der Waals surface area (Å²) in [5, 5.41) is -0.869. The molecule has 0 aliphatic carbocycles. The lowest BCUT2D eigenvalue weighted by atomic mass is 9.48. The zero-order chi connectivity index (χ0) is 16.3. The molecule has 0 spiro atoms. The van der Waals surface area contributed by atoms with Gasteiger partial charge in [0.2, 0.25) is 0 Å². The van der Waals surface area contributed by atoms with Gasteiger partial charge >= 0.3 is 5.69 Å². The van der Waals surface area contributed by atoms with Crippen LogP contribution < -0.4 is 17.0 Å². The predicted molar refractivity (Wildman–Crippen MR) is 105 cm³/mol. The molecule has 0 saturated heterocycles. The molecule has 13 heteroatoms. The second kappa shape index (κ2) is 4.55. The third kappa shape index (κ3) is 2.36. The number of rotatable bonds is 2. The van der Waals surface area contributed by atoms with E-state index < -0.39 is 5.24 Å². The van der Waals surface area contributed by atoms with Gasteiger partial charge in [-0.1, -0.05) is 0 Å². The first-order valence-electron chi connectivity index (χ1n) is 7.09. The SMILES string of the molecule is Bc1nc2c(c(=O)n(C(B)(B)B)c(=O)n2C)n1C(B)(B)B. The number of aromatic nitrogens is 4. The van der Waals surface area contributed by atoms with Crippen LogP contribution in [0.5, 0.6) is 0 Å². The summed E-state index contributed by atoms with van der Waals surface area (Å²) >= 11 is 0. The van der Waals surface area contributed by atoms with Gasteiger partial charge in [0.1, 0.15) is 52.6 Å². The molecule has 0 N–H and O–H groups in total. The Kier molecular flexibility index (Phi) is 3.46. The molecule has 0 fully saturated rings. The second-order valence-corrected chi connectivity index (χ2v) is 7.49. The molecule has 0 aliphatic rings. The van der Waals surface area contributed by atoms with Crippen molar-refractivity contribution >= 4 is 71.8 Å². The molecule has 2 rings (SSSR count). The standard InChI is InChI=1S/C8H17B7N4O2/c1-17-3-2(18(5(9)16-3)7(10,11)12)4(20)19(6(17)21)8(13,14)15/h9-15H2,1H3. The van der Waals surface area contributed by atoms with Crippen LogP contribution in [0.1, 0.15) is 0 Å². The molecule has 0 aromatic carbocycles. The predicted octanol–water partition coefficient (Wildman–Crippen LogP) is -8.91. The quantitative estimate of drug-likeness (QED) is 0.512. The minimum atomic E-state index is -0.582. The first kappa shape index (κ1) is 16.0. The molecule has 102 valence electrons. The maximum Gasteiger partial charge on any atom is 0.330 e. The summed E-state index contributed by atoms with van der Waals surface area (Å²) < 4.78 is 4.67. The van der Waals surface area contributed by atoms with Crippen LogP contribution in [0, 0.1) is 0 Å². The third-order valence-electron chi connectivity index (χ3n) is 3.57. The molecular weight excluding hydrogens is 260 g/mol. The van der Waals surface area contributed by atoms with E-state index in [9.17, 15) is 9.59 Å². The number of imidazole rings is 1. The van der Waals surface area contributed by atoms with E-state index in [2.05, 4.69) is 4.98 Å². The fraction of sp³-hybridized carbons (Fsp3) is 0.375. The summed E-state index contributed by atoms with van der Waals surface area (Å²) in [6.45, 7) is 0. The van der Waals surface area contributed by atoms with Crippen LogP contribution >= 0.6 is 0 Å². The Hall–Kier alpha value is -1.40. The van der Waals surface area contributed by atoms with Crippen LogP contribution in [-0.4, -0.2) is 73.6 Å². The van der Waals surface area contributed by atoms with E-state index in [0.29, 0.717) is 11.2 Å². The summed E-state index contributed by atoms with van der Waals surface area (Å²) in [5.74, 6) is 0.